The predicted molar refractivity (Wildman–Crippen MR) is 109 cm³/mol. The summed E-state index contributed by atoms with van der Waals surface area (Å²) in [5.74, 6) is 0.757. The molecule has 2 heterocycles. The van der Waals surface area contributed by atoms with Crippen molar-refractivity contribution in [3.63, 3.8) is 0 Å². The van der Waals surface area contributed by atoms with E-state index in [4.69, 9.17) is 9.47 Å². The van der Waals surface area contributed by atoms with E-state index in [1.54, 1.807) is 12.1 Å². The first-order valence-electron chi connectivity index (χ1n) is 9.80. The van der Waals surface area contributed by atoms with Crippen molar-refractivity contribution in [2.24, 2.45) is 5.92 Å². The van der Waals surface area contributed by atoms with Crippen molar-refractivity contribution in [3.8, 4) is 11.5 Å². The maximum absolute atomic E-state index is 13.1. The molecule has 1 fully saturated rings. The number of ether oxygens (including phenoxy) is 2. The van der Waals surface area contributed by atoms with Crippen LogP contribution in [0.15, 0.2) is 53.4 Å². The fourth-order valence-electron chi connectivity index (χ4n) is 3.58. The summed E-state index contributed by atoms with van der Waals surface area (Å²) < 4.78 is 38.7. The number of benzene rings is 2. The molecule has 0 saturated carbocycles. The molecular formula is C21H24N2O5S. The van der Waals surface area contributed by atoms with Crippen LogP contribution in [-0.2, 0) is 14.8 Å². The van der Waals surface area contributed by atoms with Gasteiger partial charge in [-0.3, -0.25) is 4.79 Å². The summed E-state index contributed by atoms with van der Waals surface area (Å²) in [5.41, 5.74) is 0.750. The highest BCUT2D eigenvalue weighted by atomic mass is 32.2. The van der Waals surface area contributed by atoms with Crippen molar-refractivity contribution < 1.29 is 22.7 Å². The number of amides is 1. The molecule has 1 amide bonds. The molecule has 2 aliphatic heterocycles. The number of anilines is 1. The van der Waals surface area contributed by atoms with Gasteiger partial charge >= 0.3 is 0 Å². The van der Waals surface area contributed by atoms with Crippen LogP contribution in [0.1, 0.15) is 19.3 Å². The van der Waals surface area contributed by atoms with Crippen LogP contribution in [0.4, 0.5) is 5.69 Å². The number of hydrogen-bond donors (Lipinski definition) is 1. The molecule has 0 atom stereocenters. The fourth-order valence-corrected chi connectivity index (χ4v) is 5.06. The van der Waals surface area contributed by atoms with E-state index in [9.17, 15) is 13.2 Å². The number of carbonyl (C=O) groups excluding carboxylic acids is 1. The van der Waals surface area contributed by atoms with Crippen molar-refractivity contribution in [2.45, 2.75) is 24.2 Å². The summed E-state index contributed by atoms with van der Waals surface area (Å²) in [6, 6.07) is 14.0. The Hall–Kier alpha value is -2.58. The van der Waals surface area contributed by atoms with Gasteiger partial charge in [-0.1, -0.05) is 18.2 Å². The molecular weight excluding hydrogens is 392 g/mol. The van der Waals surface area contributed by atoms with Crippen LogP contribution in [0.25, 0.3) is 0 Å². The molecule has 2 aliphatic rings. The van der Waals surface area contributed by atoms with Crippen LogP contribution < -0.4 is 14.8 Å². The summed E-state index contributed by atoms with van der Waals surface area (Å²) in [7, 11) is -3.65. The molecule has 29 heavy (non-hydrogen) atoms. The zero-order valence-corrected chi connectivity index (χ0v) is 16.9. The number of rotatable bonds is 4. The molecule has 8 heteroatoms. The van der Waals surface area contributed by atoms with Gasteiger partial charge in [-0.05, 0) is 37.1 Å². The van der Waals surface area contributed by atoms with Crippen LogP contribution in [0, 0.1) is 5.92 Å². The minimum atomic E-state index is -3.65. The minimum absolute atomic E-state index is 0.0659. The van der Waals surface area contributed by atoms with Crippen LogP contribution in [-0.4, -0.2) is 44.9 Å². The third-order valence-corrected chi connectivity index (χ3v) is 7.12. The number of carbonyl (C=O) groups is 1. The Morgan fingerprint density at radius 1 is 0.966 bits per heavy atom. The van der Waals surface area contributed by atoms with E-state index in [0.717, 1.165) is 12.1 Å². The summed E-state index contributed by atoms with van der Waals surface area (Å²) in [6.45, 7) is 1.67. The Morgan fingerprint density at radius 2 is 1.66 bits per heavy atom. The van der Waals surface area contributed by atoms with Crippen LogP contribution >= 0.6 is 0 Å². The van der Waals surface area contributed by atoms with Gasteiger partial charge in [-0.25, -0.2) is 8.42 Å². The Morgan fingerprint density at radius 3 is 2.38 bits per heavy atom. The van der Waals surface area contributed by atoms with Gasteiger partial charge < -0.3 is 14.8 Å². The standard InChI is InChI=1S/C21H24N2O5S/c24-21(22-17-5-2-1-3-6-17)16-9-11-23(12-10-16)29(25,26)18-7-8-19-20(15-18)28-14-4-13-27-19/h1-3,5-8,15-16H,4,9-14H2,(H,22,24). The average molecular weight is 416 g/mol. The lowest BCUT2D eigenvalue weighted by atomic mass is 9.97. The van der Waals surface area contributed by atoms with E-state index < -0.39 is 10.0 Å². The van der Waals surface area contributed by atoms with Gasteiger partial charge in [0.15, 0.2) is 11.5 Å². The number of fused-ring (bicyclic) bond motifs is 1. The second-order valence-corrected chi connectivity index (χ2v) is 9.13. The molecule has 2 aromatic carbocycles. The highest BCUT2D eigenvalue weighted by Crippen LogP contribution is 2.33. The summed E-state index contributed by atoms with van der Waals surface area (Å²) in [4.78, 5) is 12.7. The van der Waals surface area contributed by atoms with Gasteiger partial charge in [-0.2, -0.15) is 4.31 Å². The van der Waals surface area contributed by atoms with Gasteiger partial charge in [0.05, 0.1) is 18.1 Å². The number of nitrogens with one attached hydrogen (secondary N) is 1. The third-order valence-electron chi connectivity index (χ3n) is 5.22. The van der Waals surface area contributed by atoms with Crippen molar-refractivity contribution in [1.82, 2.24) is 4.31 Å². The quantitative estimate of drug-likeness (QED) is 0.828. The van der Waals surface area contributed by atoms with Gasteiger partial charge in [0.25, 0.3) is 0 Å². The molecule has 0 radical (unpaired) electrons. The molecule has 4 rings (SSSR count). The lowest BCUT2D eigenvalue weighted by molar-refractivity contribution is -0.120. The largest absolute Gasteiger partial charge is 0.490 e. The number of piperidine rings is 1. The maximum Gasteiger partial charge on any atom is 0.243 e. The topological polar surface area (TPSA) is 84.9 Å². The Bertz CT molecular complexity index is 970. The number of sulfonamides is 1. The monoisotopic (exact) mass is 416 g/mol. The Balaban J connectivity index is 1.41. The first-order chi connectivity index (χ1) is 14.0. The molecule has 1 saturated heterocycles. The first kappa shape index (κ1) is 19.7. The molecule has 0 bridgehead atoms. The average Bonchev–Trinajstić information content (AvgIpc) is 2.99. The van der Waals surface area contributed by atoms with Gasteiger partial charge in [0.2, 0.25) is 15.9 Å². The van der Waals surface area contributed by atoms with E-state index in [-0.39, 0.29) is 16.7 Å². The summed E-state index contributed by atoms with van der Waals surface area (Å²) in [6.07, 6.45) is 1.74. The molecule has 0 aromatic heterocycles. The van der Waals surface area contributed by atoms with Gasteiger partial charge in [-0.15, -0.1) is 0 Å². The van der Waals surface area contributed by atoms with Crippen molar-refractivity contribution in [2.75, 3.05) is 31.6 Å². The van der Waals surface area contributed by atoms with Crippen LogP contribution in [0.3, 0.4) is 0 Å². The van der Waals surface area contributed by atoms with Crippen molar-refractivity contribution in [3.05, 3.63) is 48.5 Å². The van der Waals surface area contributed by atoms with Gasteiger partial charge in [0, 0.05) is 37.2 Å². The second-order valence-electron chi connectivity index (χ2n) is 7.19. The zero-order valence-electron chi connectivity index (χ0n) is 16.0. The molecule has 0 unspecified atom stereocenters. The normalized spacial score (nSPS) is 18.1. The molecule has 154 valence electrons. The molecule has 2 aromatic rings. The molecule has 1 N–H and O–H groups in total. The number of nitrogens with zero attached hydrogens (tertiary/aromatic N) is 1. The van der Waals surface area contributed by atoms with E-state index in [2.05, 4.69) is 5.32 Å². The summed E-state index contributed by atoms with van der Waals surface area (Å²) in [5, 5.41) is 2.90. The molecule has 0 aliphatic carbocycles. The Labute approximate surface area is 170 Å². The van der Waals surface area contributed by atoms with Crippen molar-refractivity contribution >= 4 is 21.6 Å². The smallest absolute Gasteiger partial charge is 0.243 e. The predicted octanol–water partition coefficient (Wildman–Crippen LogP) is 2.89. The third kappa shape index (κ3) is 4.38. The van der Waals surface area contributed by atoms with Gasteiger partial charge in [0.1, 0.15) is 0 Å². The molecule has 0 spiro atoms. The number of para-hydroxylation sites is 1. The minimum Gasteiger partial charge on any atom is -0.490 e. The van der Waals surface area contributed by atoms with Crippen LogP contribution in [0.5, 0.6) is 11.5 Å². The number of hydrogen-bond acceptors (Lipinski definition) is 5. The maximum atomic E-state index is 13.1. The van der Waals surface area contributed by atoms with E-state index in [1.807, 2.05) is 30.3 Å². The van der Waals surface area contributed by atoms with E-state index in [0.29, 0.717) is 50.6 Å². The first-order valence-corrected chi connectivity index (χ1v) is 11.2. The Kier molecular flexibility index (Phi) is 5.73. The summed E-state index contributed by atoms with van der Waals surface area (Å²) >= 11 is 0. The van der Waals surface area contributed by atoms with Crippen molar-refractivity contribution in [1.29, 1.82) is 0 Å². The van der Waals surface area contributed by atoms with Crippen LogP contribution in [0.2, 0.25) is 0 Å². The lowest BCUT2D eigenvalue weighted by Gasteiger charge is -2.30. The second kappa shape index (κ2) is 8.42. The SMILES string of the molecule is O=C(Nc1ccccc1)C1CCN(S(=O)(=O)c2ccc3c(c2)OCCCO3)CC1. The van der Waals surface area contributed by atoms with E-state index >= 15 is 0 Å². The lowest BCUT2D eigenvalue weighted by Crippen LogP contribution is -2.41. The fraction of sp³-hybridized carbons (Fsp3) is 0.381. The van der Waals surface area contributed by atoms with E-state index in [1.165, 1.54) is 10.4 Å². The highest BCUT2D eigenvalue weighted by molar-refractivity contribution is 7.89. The zero-order chi connectivity index (χ0) is 20.3. The highest BCUT2D eigenvalue weighted by Gasteiger charge is 2.32. The molecule has 7 nitrogen and oxygen atoms in total.